The van der Waals surface area contributed by atoms with Crippen LogP contribution in [0.3, 0.4) is 0 Å². The summed E-state index contributed by atoms with van der Waals surface area (Å²) in [5.74, 6) is 0.406. The first kappa shape index (κ1) is 29.8. The van der Waals surface area contributed by atoms with Crippen LogP contribution in [0.5, 0.6) is 0 Å². The quantitative estimate of drug-likeness (QED) is 0.242. The fourth-order valence-electron chi connectivity index (χ4n) is 4.90. The van der Waals surface area contributed by atoms with Crippen LogP contribution in [0.25, 0.3) is 0 Å². The second-order valence-corrected chi connectivity index (χ2v) is 12.1. The van der Waals surface area contributed by atoms with Crippen molar-refractivity contribution < 1.29 is 9.59 Å². The van der Waals surface area contributed by atoms with Gasteiger partial charge in [-0.15, -0.1) is 11.8 Å². The zero-order chi connectivity index (χ0) is 27.6. The third-order valence-electron chi connectivity index (χ3n) is 7.05. The van der Waals surface area contributed by atoms with Crippen LogP contribution in [-0.4, -0.2) is 34.6 Å². The Morgan fingerprint density at radius 3 is 2.18 bits per heavy atom. The Morgan fingerprint density at radius 2 is 1.49 bits per heavy atom. The fraction of sp³-hybridized carbons (Fsp3) is 0.355. The van der Waals surface area contributed by atoms with Gasteiger partial charge in [0, 0.05) is 39.8 Å². The molecule has 8 heteroatoms. The summed E-state index contributed by atoms with van der Waals surface area (Å²) < 4.78 is 0. The highest BCUT2D eigenvalue weighted by molar-refractivity contribution is 7.99. The first-order chi connectivity index (χ1) is 18.9. The summed E-state index contributed by atoms with van der Waals surface area (Å²) in [5.41, 5.74) is 2.59. The van der Waals surface area contributed by atoms with Crippen LogP contribution in [0.1, 0.15) is 48.8 Å². The molecule has 3 aromatic rings. The molecular weight excluding hydrogens is 571 g/mol. The number of thioether (sulfide) groups is 1. The lowest BCUT2D eigenvalue weighted by Gasteiger charge is -2.33. The smallest absolute Gasteiger partial charge is 0.243 e. The Labute approximate surface area is 250 Å². The first-order valence-corrected chi connectivity index (χ1v) is 15.6. The monoisotopic (exact) mass is 602 g/mol. The van der Waals surface area contributed by atoms with Gasteiger partial charge in [-0.2, -0.15) is 0 Å². The molecule has 0 radical (unpaired) electrons. The molecule has 1 atom stereocenters. The number of carbonyl (C=O) groups is 2. The lowest BCUT2D eigenvalue weighted by Crippen LogP contribution is -2.53. The van der Waals surface area contributed by atoms with E-state index in [-0.39, 0.29) is 30.2 Å². The van der Waals surface area contributed by atoms with E-state index in [1.54, 1.807) is 23.1 Å². The molecule has 1 aliphatic rings. The number of nitrogens with one attached hydrogen (secondary N) is 1. The first-order valence-electron chi connectivity index (χ1n) is 13.3. The van der Waals surface area contributed by atoms with E-state index in [0.29, 0.717) is 27.2 Å². The predicted molar refractivity (Wildman–Crippen MR) is 164 cm³/mol. The maximum Gasteiger partial charge on any atom is 0.243 e. The average Bonchev–Trinajstić information content (AvgIpc) is 2.94. The van der Waals surface area contributed by atoms with Crippen LogP contribution >= 0.6 is 46.6 Å². The van der Waals surface area contributed by atoms with Crippen LogP contribution in [-0.2, 0) is 28.3 Å². The second-order valence-electron chi connectivity index (χ2n) is 9.86. The van der Waals surface area contributed by atoms with Gasteiger partial charge < -0.3 is 10.2 Å². The van der Waals surface area contributed by atoms with Crippen molar-refractivity contribution in [3.63, 3.8) is 0 Å². The molecule has 0 aliphatic heterocycles. The molecule has 4 rings (SSSR count). The summed E-state index contributed by atoms with van der Waals surface area (Å²) in [6, 6.07) is 22.1. The summed E-state index contributed by atoms with van der Waals surface area (Å²) in [5, 5.41) is 4.98. The molecule has 1 unspecified atom stereocenters. The van der Waals surface area contributed by atoms with E-state index >= 15 is 0 Å². The molecule has 0 spiro atoms. The number of halogens is 3. The molecule has 0 bridgehead atoms. The van der Waals surface area contributed by atoms with Gasteiger partial charge in [-0.05, 0) is 47.7 Å². The highest BCUT2D eigenvalue weighted by Crippen LogP contribution is 2.29. The van der Waals surface area contributed by atoms with Gasteiger partial charge in [0.2, 0.25) is 11.8 Å². The zero-order valence-corrected chi connectivity index (χ0v) is 24.8. The molecule has 3 aromatic carbocycles. The number of hydrogen-bond donors (Lipinski definition) is 1. The number of hydrogen-bond acceptors (Lipinski definition) is 3. The van der Waals surface area contributed by atoms with Crippen LogP contribution in [0.2, 0.25) is 15.1 Å². The third kappa shape index (κ3) is 8.65. The number of rotatable bonds is 11. The summed E-state index contributed by atoms with van der Waals surface area (Å²) in [4.78, 5) is 29.4. The van der Waals surface area contributed by atoms with Crippen molar-refractivity contribution in [1.29, 1.82) is 0 Å². The molecule has 1 N–H and O–H groups in total. The second kappa shape index (κ2) is 15.0. The minimum Gasteiger partial charge on any atom is -0.352 e. The highest BCUT2D eigenvalue weighted by Gasteiger charge is 2.32. The summed E-state index contributed by atoms with van der Waals surface area (Å²) in [7, 11) is 0. The van der Waals surface area contributed by atoms with Crippen molar-refractivity contribution in [2.75, 3.05) is 5.75 Å². The molecule has 39 heavy (non-hydrogen) atoms. The van der Waals surface area contributed by atoms with Gasteiger partial charge in [0.25, 0.3) is 0 Å². The van der Waals surface area contributed by atoms with Gasteiger partial charge in [-0.25, -0.2) is 0 Å². The van der Waals surface area contributed by atoms with Gasteiger partial charge in [0.1, 0.15) is 6.04 Å². The maximum absolute atomic E-state index is 13.9. The Morgan fingerprint density at radius 1 is 0.846 bits per heavy atom. The van der Waals surface area contributed by atoms with Crippen LogP contribution < -0.4 is 5.32 Å². The van der Waals surface area contributed by atoms with Crippen molar-refractivity contribution in [2.24, 2.45) is 0 Å². The zero-order valence-electron chi connectivity index (χ0n) is 21.8. The lowest BCUT2D eigenvalue weighted by atomic mass is 9.94. The van der Waals surface area contributed by atoms with Crippen molar-refractivity contribution in [3.8, 4) is 0 Å². The van der Waals surface area contributed by atoms with Crippen molar-refractivity contribution in [3.05, 3.63) is 105 Å². The third-order valence-corrected chi connectivity index (χ3v) is 9.08. The minimum absolute atomic E-state index is 0.120. The van der Waals surface area contributed by atoms with E-state index in [9.17, 15) is 9.59 Å². The lowest BCUT2D eigenvalue weighted by molar-refractivity contribution is -0.139. The number of amides is 2. The molecule has 0 heterocycles. The van der Waals surface area contributed by atoms with Crippen molar-refractivity contribution in [2.45, 2.75) is 62.9 Å². The standard InChI is InChI=1S/C31H33Cl3N2O2S/c32-26-15-8-7-12-23(26)19-36(30(37)21-39-20-25-27(33)16-9-17-28(25)34)29(18-22-10-3-1-4-11-22)31(38)35-24-13-5-2-6-14-24/h1,3-4,7-12,15-17,24,29H,2,5-6,13-14,18-21H2,(H,35,38). The van der Waals surface area contributed by atoms with Crippen LogP contribution in [0.4, 0.5) is 0 Å². The SMILES string of the molecule is O=C(NC1CCCCC1)C(Cc1ccccc1)N(Cc1ccccc1Cl)C(=O)CSCc1c(Cl)cccc1Cl. The van der Waals surface area contributed by atoms with Gasteiger partial charge in [-0.1, -0.05) is 109 Å². The van der Waals surface area contributed by atoms with Crippen molar-refractivity contribution in [1.82, 2.24) is 10.2 Å². The molecular formula is C31H33Cl3N2O2S. The molecule has 206 valence electrons. The molecule has 1 aliphatic carbocycles. The topological polar surface area (TPSA) is 49.4 Å². The maximum atomic E-state index is 13.9. The number of nitrogens with zero attached hydrogens (tertiary/aromatic N) is 1. The molecule has 0 aromatic heterocycles. The molecule has 0 saturated heterocycles. The largest absolute Gasteiger partial charge is 0.352 e. The van der Waals surface area contributed by atoms with Gasteiger partial charge in [-0.3, -0.25) is 9.59 Å². The molecule has 1 saturated carbocycles. The van der Waals surface area contributed by atoms with Crippen LogP contribution in [0.15, 0.2) is 72.8 Å². The molecule has 1 fully saturated rings. The van der Waals surface area contributed by atoms with E-state index < -0.39 is 6.04 Å². The average molecular weight is 604 g/mol. The van der Waals surface area contributed by atoms with Crippen LogP contribution in [0, 0.1) is 0 Å². The van der Waals surface area contributed by atoms with Gasteiger partial charge in [0.05, 0.1) is 5.75 Å². The Bertz CT molecular complexity index is 1230. The molecule has 4 nitrogen and oxygen atoms in total. The molecule has 2 amide bonds. The Hall–Kier alpha value is -2.18. The van der Waals surface area contributed by atoms with E-state index in [1.807, 2.05) is 54.6 Å². The van der Waals surface area contributed by atoms with Gasteiger partial charge >= 0.3 is 0 Å². The van der Waals surface area contributed by atoms with E-state index in [0.717, 1.165) is 42.4 Å². The number of benzene rings is 3. The van der Waals surface area contributed by atoms with Crippen molar-refractivity contribution >= 4 is 58.4 Å². The normalized spacial score (nSPS) is 14.5. The Kier molecular flexibility index (Phi) is 11.5. The summed E-state index contributed by atoms with van der Waals surface area (Å²) >= 11 is 20.6. The van der Waals surface area contributed by atoms with Gasteiger partial charge in [0.15, 0.2) is 0 Å². The Balaban J connectivity index is 1.59. The van der Waals surface area contributed by atoms with E-state index in [1.165, 1.54) is 18.2 Å². The van der Waals surface area contributed by atoms with E-state index in [4.69, 9.17) is 34.8 Å². The van der Waals surface area contributed by atoms with E-state index in [2.05, 4.69) is 5.32 Å². The summed E-state index contributed by atoms with van der Waals surface area (Å²) in [6.45, 7) is 0.238. The summed E-state index contributed by atoms with van der Waals surface area (Å²) in [6.07, 6.45) is 5.77. The number of carbonyl (C=O) groups excluding carboxylic acids is 2. The fourth-order valence-corrected chi connectivity index (χ4v) is 6.74. The highest BCUT2D eigenvalue weighted by atomic mass is 35.5. The minimum atomic E-state index is -0.678. The predicted octanol–water partition coefficient (Wildman–Crippen LogP) is 7.97.